The van der Waals surface area contributed by atoms with Crippen molar-refractivity contribution >= 4 is 39.5 Å². The zero-order valence-electron chi connectivity index (χ0n) is 63.1. The Morgan fingerprint density at radius 3 is 0.608 bits per heavy atom. The van der Waals surface area contributed by atoms with Crippen molar-refractivity contribution in [3.05, 3.63) is 0 Å². The summed E-state index contributed by atoms with van der Waals surface area (Å²) in [5, 5.41) is 10.6. The minimum Gasteiger partial charge on any atom is -0.462 e. The van der Waals surface area contributed by atoms with Crippen molar-refractivity contribution in [2.24, 2.45) is 0 Å². The van der Waals surface area contributed by atoms with Crippen LogP contribution in [0.1, 0.15) is 419 Å². The Morgan fingerprint density at radius 1 is 0.247 bits per heavy atom. The maximum atomic E-state index is 13.1. The van der Waals surface area contributed by atoms with Crippen LogP contribution in [-0.4, -0.2) is 96.7 Å². The van der Waals surface area contributed by atoms with E-state index >= 15 is 0 Å². The lowest BCUT2D eigenvalue weighted by molar-refractivity contribution is -0.161. The van der Waals surface area contributed by atoms with Crippen LogP contribution in [0, 0.1) is 0 Å². The number of aliphatic hydroxyl groups is 1. The topological polar surface area (TPSA) is 237 Å². The van der Waals surface area contributed by atoms with Gasteiger partial charge in [-0.2, -0.15) is 0 Å². The first-order valence-corrected chi connectivity index (χ1v) is 43.8. The van der Waals surface area contributed by atoms with Crippen LogP contribution in [0.2, 0.25) is 0 Å². The van der Waals surface area contributed by atoms with E-state index in [4.69, 9.17) is 37.0 Å². The predicted molar refractivity (Wildman–Crippen MR) is 395 cm³/mol. The first kappa shape index (κ1) is 95.1. The molecule has 0 bridgehead atoms. The molecule has 0 fully saturated rings. The molecule has 0 rings (SSSR count). The summed E-state index contributed by atoms with van der Waals surface area (Å²) in [5.41, 5.74) is 0. The molecule has 0 amide bonds. The average Bonchev–Trinajstić information content (AvgIpc) is 1.01. The summed E-state index contributed by atoms with van der Waals surface area (Å²) >= 11 is 0. The molecule has 0 heterocycles. The van der Waals surface area contributed by atoms with E-state index in [-0.39, 0.29) is 25.7 Å². The number of rotatable bonds is 79. The van der Waals surface area contributed by atoms with Gasteiger partial charge in [0.1, 0.15) is 19.3 Å². The fourth-order valence-electron chi connectivity index (χ4n) is 12.1. The van der Waals surface area contributed by atoms with Gasteiger partial charge in [-0.3, -0.25) is 37.3 Å². The van der Waals surface area contributed by atoms with E-state index in [0.29, 0.717) is 25.7 Å². The maximum Gasteiger partial charge on any atom is 0.472 e. The quantitative estimate of drug-likeness (QED) is 0.0222. The number of unbranched alkanes of at least 4 members (excludes halogenated alkanes) is 53. The number of ether oxygens (including phenoxy) is 4. The van der Waals surface area contributed by atoms with Crippen LogP contribution in [0.4, 0.5) is 0 Å². The van der Waals surface area contributed by atoms with Crippen LogP contribution in [0.15, 0.2) is 0 Å². The molecule has 576 valence electrons. The van der Waals surface area contributed by atoms with E-state index in [9.17, 15) is 43.2 Å². The van der Waals surface area contributed by atoms with Crippen molar-refractivity contribution in [1.29, 1.82) is 0 Å². The van der Waals surface area contributed by atoms with Gasteiger partial charge in [0, 0.05) is 25.7 Å². The van der Waals surface area contributed by atoms with Crippen LogP contribution < -0.4 is 0 Å². The number of aliphatic hydroxyl groups excluding tert-OH is 1. The van der Waals surface area contributed by atoms with Crippen LogP contribution in [0.25, 0.3) is 0 Å². The maximum absolute atomic E-state index is 13.1. The molecular weight excluding hydrogens is 1270 g/mol. The molecule has 0 aromatic rings. The molecule has 0 spiro atoms. The Morgan fingerprint density at radius 2 is 0.412 bits per heavy atom. The fraction of sp³-hybridized carbons (Fsp3) is 0.949. The highest BCUT2D eigenvalue weighted by Gasteiger charge is 2.30. The highest BCUT2D eigenvalue weighted by molar-refractivity contribution is 7.47. The zero-order valence-corrected chi connectivity index (χ0v) is 64.8. The van der Waals surface area contributed by atoms with E-state index < -0.39 is 97.5 Å². The summed E-state index contributed by atoms with van der Waals surface area (Å²) in [6, 6.07) is 0. The van der Waals surface area contributed by atoms with Crippen molar-refractivity contribution in [2.75, 3.05) is 39.6 Å². The molecule has 0 radical (unpaired) electrons. The second-order valence-corrected chi connectivity index (χ2v) is 31.0. The first-order valence-electron chi connectivity index (χ1n) is 40.8. The highest BCUT2D eigenvalue weighted by Crippen LogP contribution is 2.45. The molecule has 0 saturated heterocycles. The number of phosphoric acid groups is 2. The van der Waals surface area contributed by atoms with E-state index in [1.54, 1.807) is 0 Å². The molecule has 19 heteroatoms. The number of carbonyl (C=O) groups excluding carboxylic acids is 4. The first-order chi connectivity index (χ1) is 47.2. The Kier molecular flexibility index (Phi) is 71.0. The van der Waals surface area contributed by atoms with Gasteiger partial charge in [0.25, 0.3) is 0 Å². The SMILES string of the molecule is CCCCCCCCCCCCCCCCCCCCCC(=O)O[C@H](COC(=O)CCCCCCCCCCCCCCCCCCCC)COP(=O)(O)OC[C@@H](O)COP(=O)(O)OC[C@@H](COC(=O)CCCCCCCCCC)OC(=O)CCCCCCCCCCCCCC. The van der Waals surface area contributed by atoms with E-state index in [1.807, 2.05) is 0 Å². The molecule has 5 atom stereocenters. The van der Waals surface area contributed by atoms with Gasteiger partial charge < -0.3 is 33.8 Å². The minimum atomic E-state index is -4.96. The van der Waals surface area contributed by atoms with Crippen LogP contribution >= 0.6 is 15.6 Å². The number of esters is 4. The van der Waals surface area contributed by atoms with Crippen molar-refractivity contribution in [2.45, 2.75) is 438 Å². The lowest BCUT2D eigenvalue weighted by atomic mass is 10.0. The number of phosphoric ester groups is 2. The smallest absolute Gasteiger partial charge is 0.462 e. The summed E-state index contributed by atoms with van der Waals surface area (Å²) in [7, 11) is -9.91. The summed E-state index contributed by atoms with van der Waals surface area (Å²) in [6.45, 7) is 4.98. The lowest BCUT2D eigenvalue weighted by Gasteiger charge is -2.21. The third-order valence-corrected chi connectivity index (χ3v) is 20.3. The standard InChI is InChI=1S/C78H152O17P2/c1-5-9-13-17-21-25-28-31-33-35-37-39-41-43-46-49-53-57-61-65-78(83)95-74(69-89-76(81)63-59-55-51-47-45-42-40-38-36-34-32-29-26-22-18-14-10-6-2)71-93-97(86,87)91-67-72(79)66-90-96(84,85)92-70-73(68-88-75(80)62-58-54-50-24-20-16-12-8-4)94-77(82)64-60-56-52-48-44-30-27-23-19-15-11-7-3/h72-74,79H,5-71H2,1-4H3,(H,84,85)(H,86,87)/t72-,73+,74+/m0/s1. The number of hydrogen-bond donors (Lipinski definition) is 3. The largest absolute Gasteiger partial charge is 0.472 e. The zero-order chi connectivity index (χ0) is 71.1. The summed E-state index contributed by atoms with van der Waals surface area (Å²) in [6.07, 6.45) is 63.9. The van der Waals surface area contributed by atoms with Gasteiger partial charge in [-0.05, 0) is 25.7 Å². The molecule has 17 nitrogen and oxygen atoms in total. The Hall–Kier alpha value is -1.94. The molecule has 97 heavy (non-hydrogen) atoms. The van der Waals surface area contributed by atoms with Gasteiger partial charge in [-0.25, -0.2) is 9.13 Å². The van der Waals surface area contributed by atoms with Crippen molar-refractivity contribution in [3.8, 4) is 0 Å². The Bertz CT molecular complexity index is 1840. The second-order valence-electron chi connectivity index (χ2n) is 28.1. The number of hydrogen-bond acceptors (Lipinski definition) is 15. The predicted octanol–water partition coefficient (Wildman–Crippen LogP) is 23.4. The second kappa shape index (κ2) is 72.4. The monoisotopic (exact) mass is 1420 g/mol. The molecule has 0 aliphatic rings. The van der Waals surface area contributed by atoms with Gasteiger partial charge in [0.2, 0.25) is 0 Å². The average molecular weight is 1420 g/mol. The summed E-state index contributed by atoms with van der Waals surface area (Å²) < 4.78 is 68.5. The van der Waals surface area contributed by atoms with E-state index in [2.05, 4.69) is 27.7 Å². The van der Waals surface area contributed by atoms with E-state index in [1.165, 1.54) is 250 Å². The Balaban J connectivity index is 5.19. The van der Waals surface area contributed by atoms with Crippen molar-refractivity contribution in [3.63, 3.8) is 0 Å². The lowest BCUT2D eigenvalue weighted by Crippen LogP contribution is -2.30. The molecule has 0 aromatic carbocycles. The third kappa shape index (κ3) is 72.2. The molecule has 2 unspecified atom stereocenters. The van der Waals surface area contributed by atoms with Crippen LogP contribution in [0.5, 0.6) is 0 Å². The molecule has 0 aliphatic heterocycles. The normalized spacial score (nSPS) is 13.8. The van der Waals surface area contributed by atoms with E-state index in [0.717, 1.165) is 89.9 Å². The van der Waals surface area contributed by atoms with Gasteiger partial charge in [0.05, 0.1) is 26.4 Å². The Labute approximate surface area is 594 Å². The molecular formula is C78H152O17P2. The molecule has 0 aromatic heterocycles. The van der Waals surface area contributed by atoms with Crippen LogP contribution in [-0.2, 0) is 65.4 Å². The highest BCUT2D eigenvalue weighted by atomic mass is 31.2. The molecule has 0 aliphatic carbocycles. The van der Waals surface area contributed by atoms with Gasteiger partial charge in [-0.15, -0.1) is 0 Å². The molecule has 3 N–H and O–H groups in total. The van der Waals surface area contributed by atoms with Crippen molar-refractivity contribution in [1.82, 2.24) is 0 Å². The van der Waals surface area contributed by atoms with Crippen molar-refractivity contribution < 1.29 is 80.2 Å². The van der Waals surface area contributed by atoms with Gasteiger partial charge >= 0.3 is 39.5 Å². The minimum absolute atomic E-state index is 0.108. The van der Waals surface area contributed by atoms with Gasteiger partial charge in [-0.1, -0.05) is 368 Å². The van der Waals surface area contributed by atoms with Gasteiger partial charge in [0.15, 0.2) is 12.2 Å². The molecule has 0 saturated carbocycles. The summed E-state index contributed by atoms with van der Waals surface area (Å²) in [5.74, 6) is -2.11. The summed E-state index contributed by atoms with van der Waals surface area (Å²) in [4.78, 5) is 72.8. The van der Waals surface area contributed by atoms with Crippen LogP contribution in [0.3, 0.4) is 0 Å². The third-order valence-electron chi connectivity index (χ3n) is 18.4. The fourth-order valence-corrected chi connectivity index (χ4v) is 13.7. The number of carbonyl (C=O) groups is 4.